The van der Waals surface area contributed by atoms with Crippen LogP contribution in [0.5, 0.6) is 0 Å². The van der Waals surface area contributed by atoms with E-state index in [0.29, 0.717) is 18.9 Å². The summed E-state index contributed by atoms with van der Waals surface area (Å²) < 4.78 is 28.4. The molecule has 7 heteroatoms. The highest BCUT2D eigenvalue weighted by Crippen LogP contribution is 2.30. The van der Waals surface area contributed by atoms with Crippen molar-refractivity contribution in [1.29, 1.82) is 0 Å². The molecular weight excluding hydrogens is 324 g/mol. The predicted molar refractivity (Wildman–Crippen MR) is 89.5 cm³/mol. The fourth-order valence-corrected chi connectivity index (χ4v) is 5.38. The SMILES string of the molecule is O=S(=O)(CCCSc1nc2ccccc2s1)NCC1CC1. The van der Waals surface area contributed by atoms with Crippen molar-refractivity contribution in [2.75, 3.05) is 18.1 Å². The summed E-state index contributed by atoms with van der Waals surface area (Å²) in [7, 11) is -3.10. The Morgan fingerprint density at radius 1 is 1.33 bits per heavy atom. The van der Waals surface area contributed by atoms with Crippen molar-refractivity contribution in [1.82, 2.24) is 9.71 Å². The van der Waals surface area contributed by atoms with E-state index in [9.17, 15) is 8.42 Å². The van der Waals surface area contributed by atoms with E-state index in [2.05, 4.69) is 15.8 Å². The minimum atomic E-state index is -3.10. The zero-order chi connectivity index (χ0) is 14.7. The van der Waals surface area contributed by atoms with Gasteiger partial charge in [0.25, 0.3) is 0 Å². The Balaban J connectivity index is 1.42. The molecule has 1 N–H and O–H groups in total. The number of sulfonamides is 1. The van der Waals surface area contributed by atoms with E-state index in [1.54, 1.807) is 23.1 Å². The molecule has 1 heterocycles. The Hall–Kier alpha value is -0.630. The first kappa shape index (κ1) is 15.3. The number of thiazole rings is 1. The lowest BCUT2D eigenvalue weighted by atomic mass is 10.3. The highest BCUT2D eigenvalue weighted by atomic mass is 32.2. The molecule has 3 rings (SSSR count). The second-order valence-electron chi connectivity index (χ2n) is 5.26. The molecule has 1 saturated carbocycles. The molecule has 114 valence electrons. The van der Waals surface area contributed by atoms with Gasteiger partial charge in [0.15, 0.2) is 4.34 Å². The van der Waals surface area contributed by atoms with Crippen LogP contribution in [0.4, 0.5) is 0 Å². The van der Waals surface area contributed by atoms with Gasteiger partial charge in [0.1, 0.15) is 0 Å². The summed E-state index contributed by atoms with van der Waals surface area (Å²) >= 11 is 3.30. The van der Waals surface area contributed by atoms with Gasteiger partial charge in [0.05, 0.1) is 16.0 Å². The number of benzene rings is 1. The number of thioether (sulfide) groups is 1. The van der Waals surface area contributed by atoms with Gasteiger partial charge in [-0.15, -0.1) is 11.3 Å². The molecule has 4 nitrogen and oxygen atoms in total. The van der Waals surface area contributed by atoms with Gasteiger partial charge < -0.3 is 0 Å². The first-order valence-corrected chi connectivity index (χ1v) is 10.5. The molecule has 0 amide bonds. The molecule has 0 bridgehead atoms. The number of rotatable bonds is 8. The van der Waals surface area contributed by atoms with Crippen molar-refractivity contribution in [3.63, 3.8) is 0 Å². The van der Waals surface area contributed by atoms with E-state index >= 15 is 0 Å². The largest absolute Gasteiger partial charge is 0.230 e. The van der Waals surface area contributed by atoms with Crippen LogP contribution in [0.3, 0.4) is 0 Å². The minimum Gasteiger partial charge on any atom is -0.230 e. The highest BCUT2D eigenvalue weighted by Gasteiger charge is 2.23. The number of para-hydroxylation sites is 1. The Bertz CT molecular complexity index is 675. The standard InChI is InChI=1S/C14H18N2O2S3/c17-21(18,15-10-11-6-7-11)9-3-8-19-14-16-12-4-1-2-5-13(12)20-14/h1-2,4-5,11,15H,3,6-10H2. The predicted octanol–water partition coefficient (Wildman–Crippen LogP) is 3.11. The van der Waals surface area contributed by atoms with Crippen molar-refractivity contribution in [2.24, 2.45) is 5.92 Å². The average Bonchev–Trinajstić information content (AvgIpc) is 3.20. The smallest absolute Gasteiger partial charge is 0.211 e. The summed E-state index contributed by atoms with van der Waals surface area (Å²) in [5.74, 6) is 1.57. The second-order valence-corrected chi connectivity index (χ2v) is 9.56. The zero-order valence-electron chi connectivity index (χ0n) is 11.6. The molecular formula is C14H18N2O2S3. The van der Waals surface area contributed by atoms with Crippen LogP contribution in [0.2, 0.25) is 0 Å². The maximum Gasteiger partial charge on any atom is 0.211 e. The lowest BCUT2D eigenvalue weighted by molar-refractivity contribution is 0.576. The molecule has 21 heavy (non-hydrogen) atoms. The Labute approximate surface area is 133 Å². The molecule has 0 saturated heterocycles. The molecule has 1 aromatic heterocycles. The number of hydrogen-bond donors (Lipinski definition) is 1. The van der Waals surface area contributed by atoms with E-state index in [0.717, 1.165) is 28.5 Å². The van der Waals surface area contributed by atoms with Gasteiger partial charge in [-0.1, -0.05) is 23.9 Å². The molecule has 1 aliphatic rings. The molecule has 2 aromatic rings. The molecule has 0 aliphatic heterocycles. The second kappa shape index (κ2) is 6.64. The monoisotopic (exact) mass is 342 g/mol. The van der Waals surface area contributed by atoms with Crippen LogP contribution in [0.25, 0.3) is 10.2 Å². The Morgan fingerprint density at radius 2 is 2.14 bits per heavy atom. The summed E-state index contributed by atoms with van der Waals surface area (Å²) in [5, 5.41) is 0. The summed E-state index contributed by atoms with van der Waals surface area (Å²) in [5.41, 5.74) is 1.02. The molecule has 0 unspecified atom stereocenters. The molecule has 0 atom stereocenters. The lowest BCUT2D eigenvalue weighted by Crippen LogP contribution is -2.28. The number of nitrogens with zero attached hydrogens (tertiary/aromatic N) is 1. The lowest BCUT2D eigenvalue weighted by Gasteiger charge is -2.05. The molecule has 1 aromatic carbocycles. The van der Waals surface area contributed by atoms with Crippen molar-refractivity contribution in [2.45, 2.75) is 23.6 Å². The molecule has 1 aliphatic carbocycles. The number of aromatic nitrogens is 1. The average molecular weight is 343 g/mol. The fraction of sp³-hybridized carbons (Fsp3) is 0.500. The molecule has 0 radical (unpaired) electrons. The summed E-state index contributed by atoms with van der Waals surface area (Å²) in [6.07, 6.45) is 2.98. The van der Waals surface area contributed by atoms with Crippen molar-refractivity contribution in [3.8, 4) is 0 Å². The number of hydrogen-bond acceptors (Lipinski definition) is 5. The number of nitrogens with one attached hydrogen (secondary N) is 1. The maximum absolute atomic E-state index is 11.8. The molecule has 1 fully saturated rings. The van der Waals surface area contributed by atoms with E-state index in [4.69, 9.17) is 0 Å². The summed E-state index contributed by atoms with van der Waals surface area (Å²) in [6, 6.07) is 8.05. The quantitative estimate of drug-likeness (QED) is 0.591. The van der Waals surface area contributed by atoms with Crippen LogP contribution in [-0.2, 0) is 10.0 Å². The van der Waals surface area contributed by atoms with Gasteiger partial charge in [0, 0.05) is 12.3 Å². The first-order chi connectivity index (χ1) is 10.1. The van der Waals surface area contributed by atoms with Gasteiger partial charge in [-0.2, -0.15) is 0 Å². The van der Waals surface area contributed by atoms with Crippen LogP contribution < -0.4 is 4.72 Å². The normalized spacial score (nSPS) is 15.6. The van der Waals surface area contributed by atoms with Crippen LogP contribution in [-0.4, -0.2) is 31.5 Å². The van der Waals surface area contributed by atoms with Gasteiger partial charge >= 0.3 is 0 Å². The van der Waals surface area contributed by atoms with Gasteiger partial charge in [0.2, 0.25) is 10.0 Å². The first-order valence-electron chi connectivity index (χ1n) is 7.08. The van der Waals surface area contributed by atoms with E-state index in [1.165, 1.54) is 4.70 Å². The summed E-state index contributed by atoms with van der Waals surface area (Å²) in [4.78, 5) is 4.53. The third-order valence-corrected chi connectivity index (χ3v) is 7.04. The highest BCUT2D eigenvalue weighted by molar-refractivity contribution is 8.01. The maximum atomic E-state index is 11.8. The van der Waals surface area contributed by atoms with Crippen molar-refractivity contribution < 1.29 is 8.42 Å². The third kappa shape index (κ3) is 4.67. The van der Waals surface area contributed by atoms with E-state index in [-0.39, 0.29) is 5.75 Å². The topological polar surface area (TPSA) is 59.1 Å². The fourth-order valence-electron chi connectivity index (χ4n) is 1.96. The van der Waals surface area contributed by atoms with Crippen LogP contribution in [0.1, 0.15) is 19.3 Å². The van der Waals surface area contributed by atoms with Crippen LogP contribution >= 0.6 is 23.1 Å². The van der Waals surface area contributed by atoms with Gasteiger partial charge in [-0.3, -0.25) is 0 Å². The van der Waals surface area contributed by atoms with Crippen LogP contribution in [0, 0.1) is 5.92 Å². The van der Waals surface area contributed by atoms with Crippen molar-refractivity contribution >= 4 is 43.3 Å². The number of fused-ring (bicyclic) bond motifs is 1. The van der Waals surface area contributed by atoms with E-state index < -0.39 is 10.0 Å². The summed E-state index contributed by atoms with van der Waals surface area (Å²) in [6.45, 7) is 0.618. The van der Waals surface area contributed by atoms with Crippen molar-refractivity contribution in [3.05, 3.63) is 24.3 Å². The van der Waals surface area contributed by atoms with E-state index in [1.807, 2.05) is 18.2 Å². The minimum absolute atomic E-state index is 0.206. The molecule has 0 spiro atoms. The third-order valence-electron chi connectivity index (χ3n) is 3.35. The van der Waals surface area contributed by atoms with Crippen LogP contribution in [0.15, 0.2) is 28.6 Å². The van der Waals surface area contributed by atoms with Gasteiger partial charge in [-0.05, 0) is 37.3 Å². The van der Waals surface area contributed by atoms with Gasteiger partial charge in [-0.25, -0.2) is 18.1 Å². The Morgan fingerprint density at radius 3 is 2.90 bits per heavy atom. The Kier molecular flexibility index (Phi) is 4.83. The zero-order valence-corrected chi connectivity index (χ0v) is 14.1.